The highest BCUT2D eigenvalue weighted by Crippen LogP contribution is 2.25. The molecule has 0 atom stereocenters. The van der Waals surface area contributed by atoms with Crippen molar-refractivity contribution < 1.29 is 0 Å². The second-order valence-corrected chi connectivity index (χ2v) is 4.64. The molecule has 0 spiro atoms. The Hall–Kier alpha value is -2.32. The number of nitrogens with zero attached hydrogens (tertiary/aromatic N) is 3. The van der Waals surface area contributed by atoms with Gasteiger partial charge in [0.25, 0.3) is 0 Å². The molecule has 2 aromatic heterocycles. The first-order valence-corrected chi connectivity index (χ1v) is 6.16. The Labute approximate surface area is 108 Å². The molecule has 3 rings (SSSR count). The van der Waals surface area contributed by atoms with Crippen LogP contribution in [0.15, 0.2) is 52.6 Å². The van der Waals surface area contributed by atoms with Crippen molar-refractivity contribution in [2.75, 3.05) is 0 Å². The maximum atomic E-state index is 8.80. The van der Waals surface area contributed by atoms with Crippen LogP contribution < -0.4 is 0 Å². The molecule has 1 aromatic carbocycles. The fourth-order valence-electron chi connectivity index (χ4n) is 1.61. The Morgan fingerprint density at radius 1 is 1.06 bits per heavy atom. The number of aromatic amines is 1. The van der Waals surface area contributed by atoms with Crippen molar-refractivity contribution >= 4 is 22.8 Å². The van der Waals surface area contributed by atoms with Gasteiger partial charge in [0.15, 0.2) is 5.16 Å². The first kappa shape index (κ1) is 10.8. The molecule has 5 heteroatoms. The Kier molecular flexibility index (Phi) is 2.71. The maximum absolute atomic E-state index is 8.80. The second kappa shape index (κ2) is 4.51. The number of imidazole rings is 1. The van der Waals surface area contributed by atoms with Crippen molar-refractivity contribution in [2.24, 2.45) is 0 Å². The zero-order valence-corrected chi connectivity index (χ0v) is 10.1. The average molecular weight is 252 g/mol. The number of hydrogen-bond acceptors (Lipinski definition) is 4. The quantitative estimate of drug-likeness (QED) is 0.761. The monoisotopic (exact) mass is 252 g/mol. The summed E-state index contributed by atoms with van der Waals surface area (Å²) in [7, 11) is 0. The van der Waals surface area contributed by atoms with Crippen LogP contribution in [-0.4, -0.2) is 15.0 Å². The molecule has 0 aliphatic carbocycles. The van der Waals surface area contributed by atoms with E-state index in [9.17, 15) is 0 Å². The van der Waals surface area contributed by atoms with Gasteiger partial charge in [0.1, 0.15) is 16.8 Å². The zero-order valence-electron chi connectivity index (χ0n) is 9.29. The number of para-hydroxylation sites is 2. The number of nitrogens with one attached hydrogen (secondary N) is 1. The van der Waals surface area contributed by atoms with E-state index in [1.54, 1.807) is 6.07 Å². The number of rotatable bonds is 2. The number of benzene rings is 1. The molecule has 0 bridgehead atoms. The number of nitriles is 1. The van der Waals surface area contributed by atoms with Gasteiger partial charge < -0.3 is 4.98 Å². The molecule has 0 saturated heterocycles. The molecule has 0 fully saturated rings. The Morgan fingerprint density at radius 2 is 1.94 bits per heavy atom. The molecule has 0 unspecified atom stereocenters. The fourth-order valence-corrected chi connectivity index (χ4v) is 2.40. The molecule has 3 aromatic rings. The minimum atomic E-state index is 0.413. The van der Waals surface area contributed by atoms with Gasteiger partial charge >= 0.3 is 0 Å². The van der Waals surface area contributed by atoms with Crippen molar-refractivity contribution in [1.29, 1.82) is 5.26 Å². The lowest BCUT2D eigenvalue weighted by molar-refractivity contribution is 1.05. The van der Waals surface area contributed by atoms with Crippen LogP contribution >= 0.6 is 11.8 Å². The lowest BCUT2D eigenvalue weighted by atomic mass is 10.3. The third kappa shape index (κ3) is 2.06. The van der Waals surface area contributed by atoms with Crippen LogP contribution in [0, 0.1) is 11.3 Å². The number of pyridine rings is 1. The van der Waals surface area contributed by atoms with E-state index in [4.69, 9.17) is 5.26 Å². The minimum Gasteiger partial charge on any atom is -0.333 e. The Balaban J connectivity index is 1.94. The molecule has 1 N–H and O–H groups in total. The first-order valence-electron chi connectivity index (χ1n) is 5.35. The van der Waals surface area contributed by atoms with Crippen LogP contribution in [0.1, 0.15) is 5.69 Å². The van der Waals surface area contributed by atoms with Crippen LogP contribution in [0.5, 0.6) is 0 Å². The highest BCUT2D eigenvalue weighted by atomic mass is 32.2. The summed E-state index contributed by atoms with van der Waals surface area (Å²) in [4.78, 5) is 11.9. The van der Waals surface area contributed by atoms with E-state index < -0.39 is 0 Å². The Bertz CT molecular complexity index is 709. The predicted octanol–water partition coefficient (Wildman–Crippen LogP) is 2.98. The lowest BCUT2D eigenvalue weighted by Gasteiger charge is -1.96. The summed E-state index contributed by atoms with van der Waals surface area (Å²) in [6.45, 7) is 0. The summed E-state index contributed by atoms with van der Waals surface area (Å²) in [6.07, 6.45) is 0. The maximum Gasteiger partial charge on any atom is 0.172 e. The van der Waals surface area contributed by atoms with Gasteiger partial charge in [-0.2, -0.15) is 5.26 Å². The van der Waals surface area contributed by atoms with Crippen molar-refractivity contribution in [2.45, 2.75) is 10.2 Å². The molecule has 2 heterocycles. The summed E-state index contributed by atoms with van der Waals surface area (Å²) in [6, 6.07) is 15.2. The van der Waals surface area contributed by atoms with Gasteiger partial charge in [0.2, 0.25) is 0 Å². The van der Waals surface area contributed by atoms with Crippen LogP contribution in [0.3, 0.4) is 0 Å². The van der Waals surface area contributed by atoms with Crippen molar-refractivity contribution in [3.8, 4) is 6.07 Å². The molecule has 86 valence electrons. The van der Waals surface area contributed by atoms with Gasteiger partial charge in [0, 0.05) is 0 Å². The van der Waals surface area contributed by atoms with E-state index in [1.807, 2.05) is 42.5 Å². The summed E-state index contributed by atoms with van der Waals surface area (Å²) in [5, 5.41) is 10.3. The van der Waals surface area contributed by atoms with Crippen molar-refractivity contribution in [3.63, 3.8) is 0 Å². The van der Waals surface area contributed by atoms with Crippen LogP contribution in [-0.2, 0) is 0 Å². The first-order chi connectivity index (χ1) is 8.85. The molecular weight excluding hydrogens is 244 g/mol. The van der Waals surface area contributed by atoms with E-state index in [0.29, 0.717) is 5.69 Å². The van der Waals surface area contributed by atoms with Crippen molar-refractivity contribution in [3.05, 3.63) is 48.2 Å². The summed E-state index contributed by atoms with van der Waals surface area (Å²) in [5.41, 5.74) is 2.34. The molecule has 0 amide bonds. The van der Waals surface area contributed by atoms with E-state index in [-0.39, 0.29) is 0 Å². The number of hydrogen-bond donors (Lipinski definition) is 1. The molecule has 4 nitrogen and oxygen atoms in total. The third-order valence-electron chi connectivity index (χ3n) is 2.41. The van der Waals surface area contributed by atoms with Crippen molar-refractivity contribution in [1.82, 2.24) is 15.0 Å². The predicted molar refractivity (Wildman–Crippen MR) is 69.2 cm³/mol. The molecular formula is C13H8N4S. The topological polar surface area (TPSA) is 65.4 Å². The summed E-state index contributed by atoms with van der Waals surface area (Å²) >= 11 is 1.41. The molecule has 0 aliphatic heterocycles. The lowest BCUT2D eigenvalue weighted by Crippen LogP contribution is -1.85. The van der Waals surface area contributed by atoms with Crippen LogP contribution in [0.4, 0.5) is 0 Å². The third-order valence-corrected chi connectivity index (χ3v) is 3.23. The number of H-pyrrole nitrogens is 1. The second-order valence-electron chi connectivity index (χ2n) is 3.63. The van der Waals surface area contributed by atoms with Gasteiger partial charge in [-0.15, -0.1) is 0 Å². The van der Waals surface area contributed by atoms with Gasteiger partial charge in [-0.1, -0.05) is 18.2 Å². The van der Waals surface area contributed by atoms with Gasteiger partial charge in [-0.3, -0.25) is 0 Å². The van der Waals surface area contributed by atoms with E-state index in [1.165, 1.54) is 11.8 Å². The van der Waals surface area contributed by atoms with Gasteiger partial charge in [-0.05, 0) is 36.0 Å². The highest BCUT2D eigenvalue weighted by molar-refractivity contribution is 7.99. The summed E-state index contributed by atoms with van der Waals surface area (Å²) in [5.74, 6) is 0. The number of aromatic nitrogens is 3. The highest BCUT2D eigenvalue weighted by Gasteiger charge is 2.05. The van der Waals surface area contributed by atoms with Gasteiger partial charge in [-0.25, -0.2) is 9.97 Å². The standard InChI is InChI=1S/C13H8N4S/c14-8-9-4-3-7-12(15-9)18-13-16-10-5-1-2-6-11(10)17-13/h1-7H,(H,16,17). The number of fused-ring (bicyclic) bond motifs is 1. The van der Waals surface area contributed by atoms with Crippen LogP contribution in [0.2, 0.25) is 0 Å². The zero-order chi connectivity index (χ0) is 12.4. The average Bonchev–Trinajstić information content (AvgIpc) is 2.81. The normalized spacial score (nSPS) is 10.4. The van der Waals surface area contributed by atoms with E-state index >= 15 is 0 Å². The van der Waals surface area contributed by atoms with Crippen LogP contribution in [0.25, 0.3) is 11.0 Å². The largest absolute Gasteiger partial charge is 0.333 e. The summed E-state index contributed by atoms with van der Waals surface area (Å²) < 4.78 is 0. The molecule has 0 aliphatic rings. The molecule has 0 radical (unpaired) electrons. The molecule has 18 heavy (non-hydrogen) atoms. The van der Waals surface area contributed by atoms with E-state index in [2.05, 4.69) is 15.0 Å². The Morgan fingerprint density at radius 3 is 2.78 bits per heavy atom. The van der Waals surface area contributed by atoms with Gasteiger partial charge in [0.05, 0.1) is 11.0 Å². The fraction of sp³-hybridized carbons (Fsp3) is 0. The minimum absolute atomic E-state index is 0.413. The molecule has 0 saturated carbocycles. The SMILES string of the molecule is N#Cc1cccc(Sc2nc3ccccc3[nH]2)n1. The smallest absolute Gasteiger partial charge is 0.172 e. The van der Waals surface area contributed by atoms with E-state index in [0.717, 1.165) is 21.2 Å².